The van der Waals surface area contributed by atoms with Gasteiger partial charge in [-0.25, -0.2) is 0 Å². The Kier molecular flexibility index (Phi) is 3.71. The molecule has 2 aromatic carbocycles. The molecule has 1 aromatic heterocycles. The van der Waals surface area contributed by atoms with Crippen LogP contribution in [0.2, 0.25) is 0 Å². The fourth-order valence-electron chi connectivity index (χ4n) is 2.40. The van der Waals surface area contributed by atoms with Crippen molar-refractivity contribution in [2.75, 3.05) is 0 Å². The molecule has 4 heteroatoms. The predicted octanol–water partition coefficient (Wildman–Crippen LogP) is 1.02. The number of rotatable bonds is 3. The molecule has 0 aliphatic carbocycles. The second-order valence-corrected chi connectivity index (χ2v) is 5.10. The first-order valence-corrected chi connectivity index (χ1v) is 6.90. The van der Waals surface area contributed by atoms with Gasteiger partial charge in [0.2, 0.25) is 0 Å². The minimum Gasteiger partial charge on any atom is -0.457 e. The smallest absolute Gasteiger partial charge is 0.457 e. The highest BCUT2D eigenvalue weighted by atomic mass is 16.4. The Balaban J connectivity index is 2.05. The third-order valence-electron chi connectivity index (χ3n) is 3.61. The van der Waals surface area contributed by atoms with Crippen molar-refractivity contribution in [2.45, 2.75) is 0 Å². The molecule has 0 unspecified atom stereocenters. The third kappa shape index (κ3) is 2.62. The molecule has 0 aliphatic rings. The van der Waals surface area contributed by atoms with Crippen molar-refractivity contribution in [3.63, 3.8) is 0 Å². The summed E-state index contributed by atoms with van der Waals surface area (Å²) in [5.74, 6) is 0. The zero-order chi connectivity index (χ0) is 15.7. The molecule has 0 bridgehead atoms. The SMILES string of the molecule is C=C(C=c1c(=C)oc2ccccc12)c1ccc(B(O)O)cc1. The lowest BCUT2D eigenvalue weighted by atomic mass is 9.80. The van der Waals surface area contributed by atoms with Crippen LogP contribution in [0.1, 0.15) is 5.56 Å². The largest absolute Gasteiger partial charge is 0.488 e. The summed E-state index contributed by atoms with van der Waals surface area (Å²) in [5.41, 5.74) is 3.54. The zero-order valence-corrected chi connectivity index (χ0v) is 12.0. The minimum absolute atomic E-state index is 0.447. The lowest BCUT2D eigenvalue weighted by Crippen LogP contribution is -2.29. The molecule has 3 aromatic rings. The standard InChI is InChI=1S/C18H15BO3/c1-12(14-7-9-15(10-8-14)19(20)21)11-17-13(2)22-18-6-4-3-5-16(17)18/h3-11,20-21H,1-2H2. The van der Waals surface area contributed by atoms with Crippen molar-refractivity contribution in [3.05, 3.63) is 71.3 Å². The normalized spacial score (nSPS) is 11.8. The van der Waals surface area contributed by atoms with Gasteiger partial charge >= 0.3 is 7.12 Å². The van der Waals surface area contributed by atoms with E-state index < -0.39 is 7.12 Å². The van der Waals surface area contributed by atoms with Crippen LogP contribution in [0.25, 0.3) is 29.2 Å². The number of benzene rings is 2. The number of hydrogen-bond acceptors (Lipinski definition) is 3. The van der Waals surface area contributed by atoms with Crippen LogP contribution in [0.3, 0.4) is 0 Å². The van der Waals surface area contributed by atoms with E-state index in [0.29, 0.717) is 10.9 Å². The van der Waals surface area contributed by atoms with E-state index in [9.17, 15) is 0 Å². The van der Waals surface area contributed by atoms with Gasteiger partial charge in [0.25, 0.3) is 0 Å². The molecule has 1 heterocycles. The molecule has 0 amide bonds. The molecule has 0 saturated heterocycles. The summed E-state index contributed by atoms with van der Waals surface area (Å²) in [4.78, 5) is 0. The van der Waals surface area contributed by atoms with Crippen molar-refractivity contribution < 1.29 is 14.5 Å². The summed E-state index contributed by atoms with van der Waals surface area (Å²) < 4.78 is 5.64. The van der Waals surface area contributed by atoms with Crippen LogP contribution >= 0.6 is 0 Å². The van der Waals surface area contributed by atoms with E-state index in [-0.39, 0.29) is 0 Å². The number of fused-ring (bicyclic) bond motifs is 1. The van der Waals surface area contributed by atoms with Gasteiger partial charge in [-0.1, -0.05) is 55.6 Å². The van der Waals surface area contributed by atoms with Crippen LogP contribution in [0, 0.1) is 0 Å². The van der Waals surface area contributed by atoms with Crippen molar-refractivity contribution in [3.8, 4) is 0 Å². The van der Waals surface area contributed by atoms with E-state index in [1.807, 2.05) is 30.3 Å². The molecule has 0 spiro atoms. The molecule has 0 saturated carbocycles. The van der Waals surface area contributed by atoms with Crippen LogP contribution < -0.4 is 16.1 Å². The van der Waals surface area contributed by atoms with E-state index in [1.165, 1.54) is 0 Å². The molecule has 0 radical (unpaired) electrons. The van der Waals surface area contributed by atoms with E-state index in [2.05, 4.69) is 13.2 Å². The van der Waals surface area contributed by atoms with Gasteiger partial charge in [0.1, 0.15) is 11.0 Å². The number of allylic oxidation sites excluding steroid dienone is 1. The molecule has 3 rings (SSSR count). The second-order valence-electron chi connectivity index (χ2n) is 5.10. The molecule has 3 nitrogen and oxygen atoms in total. The Hall–Kier alpha value is -2.56. The molecule has 0 aliphatic heterocycles. The summed E-state index contributed by atoms with van der Waals surface area (Å²) in [6.45, 7) is 8.01. The van der Waals surface area contributed by atoms with Gasteiger partial charge in [0, 0.05) is 10.6 Å². The highest BCUT2D eigenvalue weighted by Gasteiger charge is 2.10. The number of furan rings is 1. The van der Waals surface area contributed by atoms with Gasteiger partial charge in [-0.15, -0.1) is 0 Å². The van der Waals surface area contributed by atoms with Crippen LogP contribution in [-0.2, 0) is 0 Å². The monoisotopic (exact) mass is 290 g/mol. The molecule has 2 N–H and O–H groups in total. The predicted molar refractivity (Wildman–Crippen MR) is 90.8 cm³/mol. The van der Waals surface area contributed by atoms with E-state index >= 15 is 0 Å². The molecular weight excluding hydrogens is 275 g/mol. The van der Waals surface area contributed by atoms with Crippen molar-refractivity contribution >= 4 is 41.8 Å². The molecular formula is C18H15BO3. The Morgan fingerprint density at radius 2 is 1.73 bits per heavy atom. The van der Waals surface area contributed by atoms with Gasteiger partial charge in [-0.05, 0) is 28.7 Å². The fraction of sp³-hybridized carbons (Fsp3) is 0. The van der Waals surface area contributed by atoms with Gasteiger partial charge in [-0.2, -0.15) is 0 Å². The highest BCUT2D eigenvalue weighted by Crippen LogP contribution is 2.13. The summed E-state index contributed by atoms with van der Waals surface area (Å²) in [7, 11) is -1.46. The van der Waals surface area contributed by atoms with Crippen molar-refractivity contribution in [1.82, 2.24) is 0 Å². The average molecular weight is 290 g/mol. The summed E-state index contributed by atoms with van der Waals surface area (Å²) in [5, 5.41) is 20.1. The molecule has 0 fully saturated rings. The Labute approximate surface area is 128 Å². The van der Waals surface area contributed by atoms with E-state index in [4.69, 9.17) is 14.5 Å². The first kappa shape index (κ1) is 14.4. The first-order chi connectivity index (χ1) is 10.6. The lowest BCUT2D eigenvalue weighted by Gasteiger charge is -2.03. The lowest BCUT2D eigenvalue weighted by molar-refractivity contribution is 0.426. The maximum Gasteiger partial charge on any atom is 0.488 e. The number of para-hydroxylation sites is 1. The van der Waals surface area contributed by atoms with Crippen molar-refractivity contribution in [1.29, 1.82) is 0 Å². The first-order valence-electron chi connectivity index (χ1n) is 6.90. The Bertz CT molecular complexity index is 937. The molecule has 0 atom stereocenters. The topological polar surface area (TPSA) is 53.6 Å². The van der Waals surface area contributed by atoms with Gasteiger partial charge in [-0.3, -0.25) is 0 Å². The zero-order valence-electron chi connectivity index (χ0n) is 12.0. The van der Waals surface area contributed by atoms with Crippen LogP contribution in [-0.4, -0.2) is 17.2 Å². The van der Waals surface area contributed by atoms with E-state index in [0.717, 1.165) is 27.3 Å². The van der Waals surface area contributed by atoms with Gasteiger partial charge in [0.05, 0.1) is 0 Å². The maximum atomic E-state index is 9.12. The van der Waals surface area contributed by atoms with Gasteiger partial charge < -0.3 is 14.5 Å². The third-order valence-corrected chi connectivity index (χ3v) is 3.61. The summed E-state index contributed by atoms with van der Waals surface area (Å²) in [6.07, 6.45) is 1.93. The highest BCUT2D eigenvalue weighted by molar-refractivity contribution is 6.58. The molecule has 108 valence electrons. The molecule has 22 heavy (non-hydrogen) atoms. The Morgan fingerprint density at radius 1 is 1.05 bits per heavy atom. The maximum absolute atomic E-state index is 9.12. The van der Waals surface area contributed by atoms with E-state index in [1.54, 1.807) is 24.3 Å². The quantitative estimate of drug-likeness (QED) is 0.708. The summed E-state index contributed by atoms with van der Waals surface area (Å²) >= 11 is 0. The average Bonchev–Trinajstić information content (AvgIpc) is 2.83. The van der Waals surface area contributed by atoms with Crippen LogP contribution in [0.5, 0.6) is 0 Å². The fourth-order valence-corrected chi connectivity index (χ4v) is 2.40. The minimum atomic E-state index is -1.46. The second kappa shape index (κ2) is 5.68. The Morgan fingerprint density at radius 3 is 2.41 bits per heavy atom. The van der Waals surface area contributed by atoms with Gasteiger partial charge in [0.15, 0.2) is 0 Å². The van der Waals surface area contributed by atoms with Crippen molar-refractivity contribution in [2.24, 2.45) is 0 Å². The van der Waals surface area contributed by atoms with Crippen LogP contribution in [0.4, 0.5) is 0 Å². The van der Waals surface area contributed by atoms with Crippen LogP contribution in [0.15, 0.2) is 59.5 Å². The summed E-state index contributed by atoms with van der Waals surface area (Å²) in [6, 6.07) is 14.7. The number of hydrogen-bond donors (Lipinski definition) is 2.